The van der Waals surface area contributed by atoms with Gasteiger partial charge in [-0.3, -0.25) is 4.98 Å². The second-order valence-corrected chi connectivity index (χ2v) is 4.57. The molecule has 0 radical (unpaired) electrons. The highest BCUT2D eigenvalue weighted by Gasteiger charge is 2.11. The third-order valence-electron chi connectivity index (χ3n) is 3.09. The van der Waals surface area contributed by atoms with E-state index in [0.29, 0.717) is 13.2 Å². The van der Waals surface area contributed by atoms with E-state index in [-0.39, 0.29) is 0 Å². The summed E-state index contributed by atoms with van der Waals surface area (Å²) < 4.78 is 0. The van der Waals surface area contributed by atoms with Crippen LogP contribution in [-0.4, -0.2) is 28.8 Å². The summed E-state index contributed by atoms with van der Waals surface area (Å²) in [5.74, 6) is 0. The molecule has 1 aromatic carbocycles. The van der Waals surface area contributed by atoms with Gasteiger partial charge in [0.25, 0.3) is 0 Å². The number of aromatic amines is 1. The molecule has 0 fully saturated rings. The predicted molar refractivity (Wildman–Crippen MR) is 83.2 cm³/mol. The maximum Gasteiger partial charge on any atom is 0.133 e. The van der Waals surface area contributed by atoms with Crippen molar-refractivity contribution in [2.45, 2.75) is 0 Å². The second-order valence-electron chi connectivity index (χ2n) is 4.57. The van der Waals surface area contributed by atoms with Gasteiger partial charge in [0.05, 0.1) is 17.4 Å². The fourth-order valence-electron chi connectivity index (χ4n) is 2.12. The van der Waals surface area contributed by atoms with E-state index < -0.39 is 0 Å². The van der Waals surface area contributed by atoms with E-state index in [4.69, 9.17) is 10.6 Å². The second kappa shape index (κ2) is 6.19. The van der Waals surface area contributed by atoms with Crippen LogP contribution < -0.4 is 5.73 Å². The molecule has 21 heavy (non-hydrogen) atoms. The van der Waals surface area contributed by atoms with Gasteiger partial charge in [0.15, 0.2) is 0 Å². The highest BCUT2D eigenvalue weighted by molar-refractivity contribution is 6.13. The lowest BCUT2D eigenvalue weighted by Crippen LogP contribution is -2.09. The first-order chi connectivity index (χ1) is 10.4. The molecule has 106 valence electrons. The largest absolute Gasteiger partial charge is 0.394 e. The molecule has 0 unspecified atom stereocenters. The molecule has 3 aromatic rings. The number of pyridine rings is 1. The number of hydrogen-bond acceptors (Lipinski definition) is 4. The highest BCUT2D eigenvalue weighted by Crippen LogP contribution is 2.17. The van der Waals surface area contributed by atoms with Crippen LogP contribution in [0.1, 0.15) is 11.3 Å². The van der Waals surface area contributed by atoms with Crippen molar-refractivity contribution in [1.82, 2.24) is 9.97 Å². The van der Waals surface area contributed by atoms with Crippen molar-refractivity contribution in [3.8, 4) is 0 Å². The van der Waals surface area contributed by atoms with Crippen LogP contribution in [0.3, 0.4) is 0 Å². The molecule has 0 aliphatic carbocycles. The first-order valence-corrected chi connectivity index (χ1v) is 6.77. The Labute approximate surface area is 122 Å². The molecular formula is C16H16N4O. The minimum Gasteiger partial charge on any atom is -0.394 e. The number of fused-ring (bicyclic) bond motifs is 1. The quantitative estimate of drug-likeness (QED) is 0.427. The van der Waals surface area contributed by atoms with Gasteiger partial charge >= 0.3 is 0 Å². The molecule has 2 aromatic heterocycles. The predicted octanol–water partition coefficient (Wildman–Crippen LogP) is 2.29. The molecule has 0 saturated heterocycles. The first-order valence-electron chi connectivity index (χ1n) is 6.77. The summed E-state index contributed by atoms with van der Waals surface area (Å²) in [7, 11) is 0. The van der Waals surface area contributed by atoms with E-state index in [1.165, 1.54) is 0 Å². The van der Waals surface area contributed by atoms with Gasteiger partial charge in [0, 0.05) is 23.7 Å². The number of hydrogen-bond donors (Lipinski definition) is 2. The van der Waals surface area contributed by atoms with E-state index in [9.17, 15) is 0 Å². The van der Waals surface area contributed by atoms with Crippen LogP contribution in [-0.2, 0) is 4.84 Å². The molecule has 0 aliphatic heterocycles. The Morgan fingerprint density at radius 2 is 2.10 bits per heavy atom. The average molecular weight is 280 g/mol. The zero-order valence-electron chi connectivity index (χ0n) is 11.5. The number of rotatable bonds is 5. The summed E-state index contributed by atoms with van der Waals surface area (Å²) in [4.78, 5) is 12.7. The van der Waals surface area contributed by atoms with E-state index in [1.807, 2.05) is 42.5 Å². The Balaban J connectivity index is 2.04. The van der Waals surface area contributed by atoms with Crippen LogP contribution in [0.4, 0.5) is 0 Å². The summed E-state index contributed by atoms with van der Waals surface area (Å²) in [6, 6.07) is 13.9. The fourth-order valence-corrected chi connectivity index (χ4v) is 2.12. The Kier molecular flexibility index (Phi) is 3.93. The number of nitrogens with zero attached hydrogens (tertiary/aromatic N) is 2. The summed E-state index contributed by atoms with van der Waals surface area (Å²) >= 11 is 0. The standard InChI is InChI=1S/C16H16N4O/c17-7-9-21-20-16(12-4-2-1-3-5-12)14-10-13-6-8-18-11-15(13)19-14/h1-6,8,10-11,19H,7,9,17H2/b20-16-. The summed E-state index contributed by atoms with van der Waals surface area (Å²) in [5.41, 5.74) is 9.03. The molecule has 5 nitrogen and oxygen atoms in total. The van der Waals surface area contributed by atoms with Crippen LogP contribution >= 0.6 is 0 Å². The molecule has 0 aliphatic rings. The molecule has 0 amide bonds. The number of nitrogens with one attached hydrogen (secondary N) is 1. The van der Waals surface area contributed by atoms with Gasteiger partial charge in [-0.2, -0.15) is 0 Å². The van der Waals surface area contributed by atoms with Crippen molar-refractivity contribution in [1.29, 1.82) is 0 Å². The molecular weight excluding hydrogens is 264 g/mol. The van der Waals surface area contributed by atoms with Crippen molar-refractivity contribution < 1.29 is 4.84 Å². The van der Waals surface area contributed by atoms with Crippen molar-refractivity contribution in [2.75, 3.05) is 13.2 Å². The Hall–Kier alpha value is -2.66. The zero-order chi connectivity index (χ0) is 14.5. The van der Waals surface area contributed by atoms with Crippen molar-refractivity contribution in [3.63, 3.8) is 0 Å². The summed E-state index contributed by atoms with van der Waals surface area (Å²) in [6.45, 7) is 0.820. The van der Waals surface area contributed by atoms with Crippen LogP contribution in [0, 0.1) is 0 Å². The number of nitrogens with two attached hydrogens (primary N) is 1. The normalized spacial score (nSPS) is 11.8. The fraction of sp³-hybridized carbons (Fsp3) is 0.125. The molecule has 0 spiro atoms. The van der Waals surface area contributed by atoms with E-state index in [0.717, 1.165) is 27.9 Å². The number of oxime groups is 1. The third-order valence-corrected chi connectivity index (χ3v) is 3.09. The van der Waals surface area contributed by atoms with E-state index >= 15 is 0 Å². The van der Waals surface area contributed by atoms with Crippen LogP contribution in [0.25, 0.3) is 10.9 Å². The summed E-state index contributed by atoms with van der Waals surface area (Å²) in [6.07, 6.45) is 3.56. The minimum atomic E-state index is 0.387. The monoisotopic (exact) mass is 280 g/mol. The number of benzene rings is 1. The van der Waals surface area contributed by atoms with Gasteiger partial charge in [-0.15, -0.1) is 0 Å². The Morgan fingerprint density at radius 3 is 2.86 bits per heavy atom. The van der Waals surface area contributed by atoms with E-state index in [2.05, 4.69) is 15.1 Å². The van der Waals surface area contributed by atoms with Crippen molar-refractivity contribution >= 4 is 16.6 Å². The lowest BCUT2D eigenvalue weighted by Gasteiger charge is -2.05. The SMILES string of the molecule is NCCO/N=C(/c1ccccc1)c1cc2ccncc2[nH]1. The molecule has 3 rings (SSSR count). The molecule has 3 N–H and O–H groups in total. The lowest BCUT2D eigenvalue weighted by atomic mass is 10.1. The average Bonchev–Trinajstić information content (AvgIpc) is 2.96. The van der Waals surface area contributed by atoms with Gasteiger partial charge < -0.3 is 15.6 Å². The van der Waals surface area contributed by atoms with Crippen molar-refractivity contribution in [3.05, 3.63) is 66.1 Å². The lowest BCUT2D eigenvalue weighted by molar-refractivity contribution is 0.152. The molecule has 0 saturated carbocycles. The zero-order valence-corrected chi connectivity index (χ0v) is 11.5. The Morgan fingerprint density at radius 1 is 1.24 bits per heavy atom. The summed E-state index contributed by atoms with van der Waals surface area (Å²) in [5, 5.41) is 5.32. The van der Waals surface area contributed by atoms with Crippen LogP contribution in [0.5, 0.6) is 0 Å². The topological polar surface area (TPSA) is 76.3 Å². The molecule has 0 bridgehead atoms. The van der Waals surface area contributed by atoms with E-state index in [1.54, 1.807) is 12.4 Å². The molecule has 2 heterocycles. The maximum absolute atomic E-state index is 5.44. The highest BCUT2D eigenvalue weighted by atomic mass is 16.6. The third kappa shape index (κ3) is 2.93. The van der Waals surface area contributed by atoms with Gasteiger partial charge in [0.1, 0.15) is 12.3 Å². The molecule has 0 atom stereocenters. The maximum atomic E-state index is 5.44. The van der Waals surface area contributed by atoms with Gasteiger partial charge in [0.2, 0.25) is 0 Å². The van der Waals surface area contributed by atoms with Crippen LogP contribution in [0.2, 0.25) is 0 Å². The van der Waals surface area contributed by atoms with Crippen molar-refractivity contribution in [2.24, 2.45) is 10.9 Å². The Bertz CT molecular complexity index is 716. The van der Waals surface area contributed by atoms with Gasteiger partial charge in [-0.25, -0.2) is 0 Å². The first kappa shape index (κ1) is 13.3. The smallest absolute Gasteiger partial charge is 0.133 e. The van der Waals surface area contributed by atoms with Gasteiger partial charge in [-0.05, 0) is 12.1 Å². The molecule has 5 heteroatoms. The van der Waals surface area contributed by atoms with Crippen LogP contribution in [0.15, 0.2) is 60.0 Å². The minimum absolute atomic E-state index is 0.387. The van der Waals surface area contributed by atoms with Gasteiger partial charge in [-0.1, -0.05) is 35.5 Å². The number of aromatic nitrogens is 2. The number of H-pyrrole nitrogens is 1.